The molecule has 0 radical (unpaired) electrons. The fraction of sp³-hybridized carbons (Fsp3) is 0.350. The molecule has 2 aromatic carbocycles. The minimum atomic E-state index is -0.497. The Kier molecular flexibility index (Phi) is 5.52. The molecule has 3 rings (SSSR count). The largest absolute Gasteiger partial charge is 0.324 e. The van der Waals surface area contributed by atoms with Crippen molar-refractivity contribution in [3.05, 3.63) is 64.9 Å². The van der Waals surface area contributed by atoms with Crippen molar-refractivity contribution in [1.29, 1.82) is 0 Å². The van der Waals surface area contributed by atoms with E-state index in [4.69, 9.17) is 11.6 Å². The summed E-state index contributed by atoms with van der Waals surface area (Å²) in [6.45, 7) is 0. The predicted molar refractivity (Wildman–Crippen MR) is 95.8 cm³/mol. The van der Waals surface area contributed by atoms with E-state index in [0.29, 0.717) is 23.3 Å². The van der Waals surface area contributed by atoms with Gasteiger partial charge in [0.25, 0.3) is 0 Å². The summed E-state index contributed by atoms with van der Waals surface area (Å²) in [5, 5.41) is 2.98. The summed E-state index contributed by atoms with van der Waals surface area (Å²) in [7, 11) is 0. The molecule has 0 atom stereocenters. The number of amides is 1. The zero-order chi connectivity index (χ0) is 16.9. The van der Waals surface area contributed by atoms with E-state index in [0.717, 1.165) is 25.7 Å². The quantitative estimate of drug-likeness (QED) is 0.747. The average molecular weight is 346 g/mol. The average Bonchev–Trinajstić information content (AvgIpc) is 2.59. The third-order valence-electron chi connectivity index (χ3n) is 4.80. The molecule has 1 N–H and O–H groups in total. The molecule has 0 saturated heterocycles. The molecule has 2 aromatic rings. The van der Waals surface area contributed by atoms with E-state index in [1.54, 1.807) is 6.07 Å². The van der Waals surface area contributed by atoms with Crippen molar-refractivity contribution in [2.24, 2.45) is 5.92 Å². The summed E-state index contributed by atoms with van der Waals surface area (Å²) >= 11 is 5.72. The molecule has 0 unspecified atom stereocenters. The monoisotopic (exact) mass is 345 g/mol. The Labute approximate surface area is 147 Å². The highest BCUT2D eigenvalue weighted by Gasteiger charge is 2.24. The second-order valence-electron chi connectivity index (χ2n) is 6.50. The van der Waals surface area contributed by atoms with E-state index in [2.05, 4.69) is 29.6 Å². The topological polar surface area (TPSA) is 29.1 Å². The van der Waals surface area contributed by atoms with Crippen molar-refractivity contribution < 1.29 is 9.18 Å². The first kappa shape index (κ1) is 17.0. The van der Waals surface area contributed by atoms with Crippen molar-refractivity contribution in [2.75, 3.05) is 5.32 Å². The molecule has 24 heavy (non-hydrogen) atoms. The molecular formula is C20H21ClFNO. The number of rotatable bonds is 4. The number of benzene rings is 2. The highest BCUT2D eigenvalue weighted by Crippen LogP contribution is 2.37. The van der Waals surface area contributed by atoms with Crippen molar-refractivity contribution in [1.82, 2.24) is 0 Å². The Bertz CT molecular complexity index is 696. The molecule has 1 fully saturated rings. The molecule has 0 bridgehead atoms. The van der Waals surface area contributed by atoms with Gasteiger partial charge in [-0.05, 0) is 61.3 Å². The molecule has 2 nitrogen and oxygen atoms in total. The lowest BCUT2D eigenvalue weighted by Gasteiger charge is -2.28. The molecule has 1 saturated carbocycles. The normalized spacial score (nSPS) is 20.6. The fourth-order valence-corrected chi connectivity index (χ4v) is 3.64. The first-order valence-corrected chi connectivity index (χ1v) is 8.79. The van der Waals surface area contributed by atoms with E-state index in [1.807, 2.05) is 6.07 Å². The fourth-order valence-electron chi connectivity index (χ4n) is 3.48. The summed E-state index contributed by atoms with van der Waals surface area (Å²) < 4.78 is 13.7. The number of carbonyl (C=O) groups excluding carboxylic acids is 1. The highest BCUT2D eigenvalue weighted by atomic mass is 35.5. The lowest BCUT2D eigenvalue weighted by atomic mass is 9.77. The maximum Gasteiger partial charge on any atom is 0.224 e. The van der Waals surface area contributed by atoms with Crippen LogP contribution in [0.25, 0.3) is 0 Å². The van der Waals surface area contributed by atoms with Gasteiger partial charge in [-0.1, -0.05) is 41.9 Å². The molecule has 0 heterocycles. The molecule has 0 aromatic heterocycles. The second kappa shape index (κ2) is 7.80. The van der Waals surface area contributed by atoms with Crippen LogP contribution in [0.3, 0.4) is 0 Å². The molecule has 0 aliphatic heterocycles. The predicted octanol–water partition coefficient (Wildman–Crippen LogP) is 5.78. The molecule has 126 valence electrons. The third kappa shape index (κ3) is 4.35. The van der Waals surface area contributed by atoms with Crippen molar-refractivity contribution in [2.45, 2.75) is 38.0 Å². The number of anilines is 1. The third-order valence-corrected chi connectivity index (χ3v) is 5.03. The van der Waals surface area contributed by atoms with Crippen molar-refractivity contribution in [3.8, 4) is 0 Å². The SMILES string of the molecule is O=C(C[C@H]1CC[C@H](c2ccccc2)CC1)Nc1ccc(Cl)cc1F. The molecule has 4 heteroatoms. The van der Waals surface area contributed by atoms with Gasteiger partial charge in [-0.3, -0.25) is 4.79 Å². The summed E-state index contributed by atoms with van der Waals surface area (Å²) in [6, 6.07) is 14.8. The lowest BCUT2D eigenvalue weighted by Crippen LogP contribution is -2.21. The van der Waals surface area contributed by atoms with E-state index in [-0.39, 0.29) is 11.6 Å². The Balaban J connectivity index is 1.50. The van der Waals surface area contributed by atoms with Crippen molar-refractivity contribution in [3.63, 3.8) is 0 Å². The summed E-state index contributed by atoms with van der Waals surface area (Å²) in [5.41, 5.74) is 1.59. The first-order chi connectivity index (χ1) is 11.6. The van der Waals surface area contributed by atoms with Crippen LogP contribution in [-0.2, 0) is 4.79 Å². The molecule has 0 spiro atoms. The smallest absolute Gasteiger partial charge is 0.224 e. The Hall–Kier alpha value is -1.87. The number of nitrogens with one attached hydrogen (secondary N) is 1. The highest BCUT2D eigenvalue weighted by molar-refractivity contribution is 6.30. The van der Waals surface area contributed by atoms with Crippen LogP contribution in [0, 0.1) is 11.7 Å². The minimum absolute atomic E-state index is 0.126. The van der Waals surface area contributed by atoms with E-state index < -0.39 is 5.82 Å². The first-order valence-electron chi connectivity index (χ1n) is 8.41. The van der Waals surface area contributed by atoms with Crippen LogP contribution in [0.2, 0.25) is 5.02 Å². The lowest BCUT2D eigenvalue weighted by molar-refractivity contribution is -0.117. The van der Waals surface area contributed by atoms with Gasteiger partial charge in [-0.2, -0.15) is 0 Å². The zero-order valence-corrected chi connectivity index (χ0v) is 14.2. The summed E-state index contributed by atoms with van der Waals surface area (Å²) in [5.74, 6) is 0.350. The zero-order valence-electron chi connectivity index (χ0n) is 13.5. The maximum atomic E-state index is 13.7. The van der Waals surface area contributed by atoms with Crippen LogP contribution >= 0.6 is 11.6 Å². The van der Waals surface area contributed by atoms with E-state index in [1.165, 1.54) is 17.7 Å². The van der Waals surface area contributed by atoms with Gasteiger partial charge in [0.15, 0.2) is 0 Å². The molecule has 1 aliphatic carbocycles. The number of carbonyl (C=O) groups is 1. The maximum absolute atomic E-state index is 13.7. The van der Waals surface area contributed by atoms with Gasteiger partial charge in [0.2, 0.25) is 5.91 Å². The van der Waals surface area contributed by atoms with Crippen LogP contribution in [0.1, 0.15) is 43.6 Å². The Morgan fingerprint density at radius 3 is 2.46 bits per heavy atom. The van der Waals surface area contributed by atoms with Crippen molar-refractivity contribution >= 4 is 23.2 Å². The molecule has 1 aliphatic rings. The van der Waals surface area contributed by atoms with E-state index >= 15 is 0 Å². The van der Waals surface area contributed by atoms with Gasteiger partial charge in [0, 0.05) is 11.4 Å². The van der Waals surface area contributed by atoms with Crippen LogP contribution in [0.15, 0.2) is 48.5 Å². The van der Waals surface area contributed by atoms with E-state index in [9.17, 15) is 9.18 Å². The molecular weight excluding hydrogens is 325 g/mol. The Morgan fingerprint density at radius 1 is 1.08 bits per heavy atom. The number of hydrogen-bond donors (Lipinski definition) is 1. The van der Waals surface area contributed by atoms with Gasteiger partial charge in [-0.15, -0.1) is 0 Å². The van der Waals surface area contributed by atoms with Crippen LogP contribution in [0.4, 0.5) is 10.1 Å². The van der Waals surface area contributed by atoms with Gasteiger partial charge >= 0.3 is 0 Å². The van der Waals surface area contributed by atoms with Crippen LogP contribution < -0.4 is 5.32 Å². The number of hydrogen-bond acceptors (Lipinski definition) is 1. The van der Waals surface area contributed by atoms with Gasteiger partial charge in [-0.25, -0.2) is 4.39 Å². The Morgan fingerprint density at radius 2 is 1.79 bits per heavy atom. The van der Waals surface area contributed by atoms with Crippen LogP contribution in [-0.4, -0.2) is 5.91 Å². The van der Waals surface area contributed by atoms with Gasteiger partial charge in [0.05, 0.1) is 5.69 Å². The summed E-state index contributed by atoms with van der Waals surface area (Å²) in [4.78, 5) is 12.2. The molecule has 1 amide bonds. The summed E-state index contributed by atoms with van der Waals surface area (Å²) in [6.07, 6.45) is 4.74. The number of halogens is 2. The van der Waals surface area contributed by atoms with Crippen LogP contribution in [0.5, 0.6) is 0 Å². The standard InChI is InChI=1S/C20H21ClFNO/c21-17-10-11-19(18(22)13-17)23-20(24)12-14-6-8-16(9-7-14)15-4-2-1-3-5-15/h1-5,10-11,13-14,16H,6-9,12H2,(H,23,24)/t14-,16-. The van der Waals surface area contributed by atoms with Gasteiger partial charge < -0.3 is 5.32 Å². The van der Waals surface area contributed by atoms with Gasteiger partial charge in [0.1, 0.15) is 5.82 Å². The second-order valence-corrected chi connectivity index (χ2v) is 6.94. The minimum Gasteiger partial charge on any atom is -0.324 e.